The Bertz CT molecular complexity index is 1220. The first-order valence-corrected chi connectivity index (χ1v) is 12.9. The summed E-state index contributed by atoms with van der Waals surface area (Å²) in [5.74, 6) is 1.58. The number of hydrogen-bond acceptors (Lipinski definition) is 5. The summed E-state index contributed by atoms with van der Waals surface area (Å²) in [5, 5.41) is 6.66. The van der Waals surface area contributed by atoms with Gasteiger partial charge in [0.15, 0.2) is 11.5 Å². The van der Waals surface area contributed by atoms with E-state index >= 15 is 0 Å². The second kappa shape index (κ2) is 9.57. The number of carbonyl (C=O) groups is 1. The molecule has 0 bridgehead atoms. The summed E-state index contributed by atoms with van der Waals surface area (Å²) in [6, 6.07) is 8.01. The van der Waals surface area contributed by atoms with E-state index in [0.29, 0.717) is 23.7 Å². The normalized spacial score (nSPS) is 19.9. The van der Waals surface area contributed by atoms with E-state index in [4.69, 9.17) is 14.2 Å². The minimum Gasteiger partial charge on any atom is -0.492 e. The fraction of sp³-hybridized carbons (Fsp3) is 0.433. The van der Waals surface area contributed by atoms with Crippen molar-refractivity contribution in [2.24, 2.45) is 0 Å². The molecule has 1 fully saturated rings. The number of rotatable bonds is 5. The van der Waals surface area contributed by atoms with Crippen molar-refractivity contribution in [3.05, 3.63) is 54.1 Å². The van der Waals surface area contributed by atoms with Gasteiger partial charge in [0.2, 0.25) is 0 Å². The van der Waals surface area contributed by atoms with Gasteiger partial charge in [-0.2, -0.15) is 0 Å². The molecular formula is C30H36N2O4. The van der Waals surface area contributed by atoms with Crippen LogP contribution in [-0.4, -0.2) is 24.8 Å². The molecule has 6 nitrogen and oxygen atoms in total. The number of benzene rings is 2. The van der Waals surface area contributed by atoms with Gasteiger partial charge in [0, 0.05) is 29.3 Å². The first-order valence-electron chi connectivity index (χ1n) is 12.9. The van der Waals surface area contributed by atoms with E-state index in [2.05, 4.69) is 56.2 Å². The van der Waals surface area contributed by atoms with Gasteiger partial charge in [-0.3, -0.25) is 0 Å². The summed E-state index contributed by atoms with van der Waals surface area (Å²) in [4.78, 5) is 12.7. The Morgan fingerprint density at radius 2 is 1.97 bits per heavy atom. The molecule has 3 aliphatic rings. The molecule has 1 atom stereocenters. The molecular weight excluding hydrogens is 452 g/mol. The Labute approximate surface area is 213 Å². The molecule has 1 amide bonds. The number of carbonyl (C=O) groups excluding carboxylic acids is 1. The second-order valence-electron chi connectivity index (χ2n) is 10.6. The van der Waals surface area contributed by atoms with E-state index in [1.807, 2.05) is 12.1 Å². The molecule has 0 aromatic heterocycles. The molecule has 2 aromatic rings. The lowest BCUT2D eigenvalue weighted by atomic mass is 9.81. The fourth-order valence-corrected chi connectivity index (χ4v) is 5.95. The predicted molar refractivity (Wildman–Crippen MR) is 144 cm³/mol. The smallest absolute Gasteiger partial charge is 0.412 e. The van der Waals surface area contributed by atoms with E-state index in [1.165, 1.54) is 12.0 Å². The van der Waals surface area contributed by atoms with Gasteiger partial charge in [0.1, 0.15) is 11.9 Å². The summed E-state index contributed by atoms with van der Waals surface area (Å²) >= 11 is 0. The molecule has 0 saturated heterocycles. The number of ether oxygens (including phenoxy) is 3. The van der Waals surface area contributed by atoms with Gasteiger partial charge in [0.25, 0.3) is 0 Å². The fourth-order valence-electron chi connectivity index (χ4n) is 5.95. The number of allylic oxidation sites excluding steroid dienone is 1. The Morgan fingerprint density at radius 1 is 1.19 bits per heavy atom. The van der Waals surface area contributed by atoms with Crippen molar-refractivity contribution in [1.29, 1.82) is 0 Å². The van der Waals surface area contributed by atoms with Gasteiger partial charge in [-0.15, -0.1) is 6.58 Å². The minimum absolute atomic E-state index is 0.142. The second-order valence-corrected chi connectivity index (χ2v) is 10.6. The topological polar surface area (TPSA) is 68.8 Å². The lowest BCUT2D eigenvalue weighted by molar-refractivity contribution is 0.188. The number of methoxy groups -OCH3 is 1. The Hall–Kier alpha value is -3.41. The number of anilines is 1. The lowest BCUT2D eigenvalue weighted by Gasteiger charge is -2.37. The van der Waals surface area contributed by atoms with Crippen LogP contribution in [0.2, 0.25) is 0 Å². The molecule has 2 aliphatic heterocycles. The maximum absolute atomic E-state index is 12.7. The van der Waals surface area contributed by atoms with Crippen molar-refractivity contribution in [3.63, 3.8) is 0 Å². The largest absolute Gasteiger partial charge is 0.492 e. The third-order valence-corrected chi connectivity index (χ3v) is 7.33. The van der Waals surface area contributed by atoms with Gasteiger partial charge in [0.05, 0.1) is 18.2 Å². The number of nitrogens with one attached hydrogen (secondary N) is 2. The van der Waals surface area contributed by atoms with Crippen molar-refractivity contribution < 1.29 is 19.0 Å². The van der Waals surface area contributed by atoms with Crippen LogP contribution in [0.15, 0.2) is 43.0 Å². The molecule has 5 rings (SSSR count). The zero-order valence-corrected chi connectivity index (χ0v) is 21.7. The summed E-state index contributed by atoms with van der Waals surface area (Å²) in [6.45, 7) is 10.4. The standard InChI is InChI=1S/C30H36N2O4/c1-6-10-22-26-20(13-14-21-25(26)18(2)17-30(3,4)32-21)27-23(35-22)15-16-24(28(27)34-5)36-29(33)31-19-11-8-7-9-12-19/h6,13-17,19,22,32H,1,7-12H2,2-5H3,(H,31,33). The van der Waals surface area contributed by atoms with Crippen LogP contribution in [0.4, 0.5) is 10.5 Å². The van der Waals surface area contributed by atoms with Gasteiger partial charge in [-0.25, -0.2) is 4.79 Å². The monoisotopic (exact) mass is 488 g/mol. The average molecular weight is 489 g/mol. The Balaban J connectivity index is 1.57. The van der Waals surface area contributed by atoms with Gasteiger partial charge in [-0.05, 0) is 62.9 Å². The van der Waals surface area contributed by atoms with Gasteiger partial charge in [-0.1, -0.05) is 37.5 Å². The molecule has 0 spiro atoms. The molecule has 36 heavy (non-hydrogen) atoms. The summed E-state index contributed by atoms with van der Waals surface area (Å²) in [7, 11) is 1.60. The summed E-state index contributed by atoms with van der Waals surface area (Å²) < 4.78 is 18.2. The van der Waals surface area contributed by atoms with Gasteiger partial charge < -0.3 is 24.8 Å². The third-order valence-electron chi connectivity index (χ3n) is 7.33. The zero-order chi connectivity index (χ0) is 25.4. The molecule has 2 N–H and O–H groups in total. The van der Waals surface area contributed by atoms with Crippen LogP contribution in [0.3, 0.4) is 0 Å². The van der Waals surface area contributed by atoms with Crippen molar-refractivity contribution >= 4 is 17.4 Å². The van der Waals surface area contributed by atoms with Crippen molar-refractivity contribution in [2.45, 2.75) is 77.0 Å². The van der Waals surface area contributed by atoms with Crippen LogP contribution in [0.25, 0.3) is 16.7 Å². The predicted octanol–water partition coefficient (Wildman–Crippen LogP) is 7.40. The van der Waals surface area contributed by atoms with Crippen LogP contribution in [0, 0.1) is 0 Å². The maximum Gasteiger partial charge on any atom is 0.412 e. The minimum atomic E-state index is -0.447. The van der Waals surface area contributed by atoms with E-state index in [1.54, 1.807) is 13.2 Å². The molecule has 6 heteroatoms. The number of fused-ring (bicyclic) bond motifs is 5. The lowest BCUT2D eigenvalue weighted by Crippen LogP contribution is -2.38. The first kappa shape index (κ1) is 24.3. The highest BCUT2D eigenvalue weighted by Gasteiger charge is 2.35. The quantitative estimate of drug-likeness (QED) is 0.429. The van der Waals surface area contributed by atoms with Crippen LogP contribution in [0.5, 0.6) is 17.2 Å². The highest BCUT2D eigenvalue weighted by molar-refractivity contribution is 5.92. The van der Waals surface area contributed by atoms with E-state index in [9.17, 15) is 4.79 Å². The van der Waals surface area contributed by atoms with Crippen molar-refractivity contribution in [3.8, 4) is 28.4 Å². The highest BCUT2D eigenvalue weighted by Crippen LogP contribution is 2.54. The average Bonchev–Trinajstić information content (AvgIpc) is 2.83. The molecule has 1 unspecified atom stereocenters. The van der Waals surface area contributed by atoms with Crippen LogP contribution in [-0.2, 0) is 0 Å². The SMILES string of the molecule is C=CCC1Oc2ccc(OC(=O)NC3CCCCC3)c(OC)c2-c2ccc3c(c21)C(C)=CC(C)(C)N3. The molecule has 0 radical (unpaired) electrons. The zero-order valence-electron chi connectivity index (χ0n) is 21.7. The molecule has 2 aromatic carbocycles. The van der Waals surface area contributed by atoms with Crippen LogP contribution < -0.4 is 24.8 Å². The van der Waals surface area contributed by atoms with E-state index in [-0.39, 0.29) is 17.7 Å². The number of amides is 1. The molecule has 1 aliphatic carbocycles. The summed E-state index contributed by atoms with van der Waals surface area (Å²) in [6.07, 6.45) is 9.66. The van der Waals surface area contributed by atoms with Crippen molar-refractivity contribution in [2.75, 3.05) is 12.4 Å². The Kier molecular flexibility index (Phi) is 6.45. The third kappa shape index (κ3) is 4.45. The molecule has 1 saturated carbocycles. The summed E-state index contributed by atoms with van der Waals surface area (Å²) in [5.41, 5.74) is 6.20. The van der Waals surface area contributed by atoms with Crippen LogP contribution >= 0.6 is 0 Å². The number of hydrogen-bond donors (Lipinski definition) is 2. The van der Waals surface area contributed by atoms with Crippen molar-refractivity contribution in [1.82, 2.24) is 5.32 Å². The molecule has 190 valence electrons. The maximum atomic E-state index is 12.7. The highest BCUT2D eigenvalue weighted by atomic mass is 16.6. The van der Waals surface area contributed by atoms with Crippen LogP contribution in [0.1, 0.15) is 76.5 Å². The van der Waals surface area contributed by atoms with E-state index in [0.717, 1.165) is 53.6 Å². The molecule has 2 heterocycles. The Morgan fingerprint density at radius 3 is 2.69 bits per heavy atom. The van der Waals surface area contributed by atoms with E-state index < -0.39 is 6.09 Å². The van der Waals surface area contributed by atoms with Gasteiger partial charge >= 0.3 is 6.09 Å². The first-order chi connectivity index (χ1) is 17.3.